The molecule has 11 heteroatoms. The van der Waals surface area contributed by atoms with E-state index >= 15 is 0 Å². The van der Waals surface area contributed by atoms with Crippen LogP contribution in [0.5, 0.6) is 0 Å². The van der Waals surface area contributed by atoms with Crippen LogP contribution in [0.25, 0.3) is 66.1 Å². The first kappa shape index (κ1) is 32.2. The van der Waals surface area contributed by atoms with Crippen molar-refractivity contribution in [1.82, 2.24) is 9.13 Å². The third-order valence-electron chi connectivity index (χ3n) is 9.22. The molecule has 8 rings (SSSR count). The molecule has 52 heavy (non-hydrogen) atoms. The smallest absolute Gasteiger partial charge is 0.307 e. The lowest BCUT2D eigenvalue weighted by Gasteiger charge is -2.20. The molecule has 0 fully saturated rings. The van der Waals surface area contributed by atoms with Gasteiger partial charge in [-0.25, -0.2) is 0 Å². The first-order chi connectivity index (χ1) is 24.9. The van der Waals surface area contributed by atoms with E-state index in [1.807, 2.05) is 53.1 Å². The van der Waals surface area contributed by atoms with E-state index in [9.17, 15) is 42.1 Å². The fourth-order valence-electron chi connectivity index (χ4n) is 6.98. The Morgan fingerprint density at radius 2 is 0.885 bits per heavy atom. The van der Waals surface area contributed by atoms with Gasteiger partial charge >= 0.3 is 12.4 Å². The third kappa shape index (κ3) is 5.01. The number of para-hydroxylation sites is 2. The molecule has 0 radical (unpaired) electrons. The van der Waals surface area contributed by atoms with Crippen molar-refractivity contribution in [2.24, 2.45) is 0 Å². The summed E-state index contributed by atoms with van der Waals surface area (Å²) in [5.41, 5.74) is -0.131. The predicted octanol–water partition coefficient (Wildman–Crippen LogP) is 11.2. The number of hydrogen-bond acceptors (Lipinski definition) is 3. The van der Waals surface area contributed by atoms with E-state index in [-0.39, 0.29) is 17.2 Å². The van der Waals surface area contributed by atoms with Crippen LogP contribution in [-0.4, -0.2) is 9.13 Å². The van der Waals surface area contributed by atoms with Crippen LogP contribution in [0, 0.1) is 34.0 Å². The highest BCUT2D eigenvalue weighted by atomic mass is 19.4. The monoisotopic (exact) mass is 695 g/mol. The SMILES string of the molecule is N#Cc1ccc2c3ccccc3n(-c3cc(C#N)c(-c4cc(C(F)(F)F)cc(C(F)(F)F)c4)cc3-n3c4ccccc4c4ccc(C#N)cc43)c2c1. The van der Waals surface area contributed by atoms with E-state index in [2.05, 4.69) is 12.1 Å². The maximum Gasteiger partial charge on any atom is 0.416 e. The van der Waals surface area contributed by atoms with E-state index < -0.39 is 29.0 Å². The molecule has 0 bridgehead atoms. The van der Waals surface area contributed by atoms with Crippen molar-refractivity contribution in [3.05, 3.63) is 143 Å². The zero-order valence-electron chi connectivity index (χ0n) is 26.5. The molecule has 8 aromatic rings. The Morgan fingerprint density at radius 3 is 1.33 bits per heavy atom. The van der Waals surface area contributed by atoms with E-state index in [0.717, 1.165) is 21.5 Å². The summed E-state index contributed by atoms with van der Waals surface area (Å²) < 4.78 is 88.1. The second-order valence-electron chi connectivity index (χ2n) is 12.2. The van der Waals surface area contributed by atoms with Gasteiger partial charge < -0.3 is 9.13 Å². The number of nitrogens with zero attached hydrogens (tertiary/aromatic N) is 5. The van der Waals surface area contributed by atoms with E-state index in [4.69, 9.17) is 0 Å². The molecule has 6 aromatic carbocycles. The molecule has 2 heterocycles. The zero-order valence-corrected chi connectivity index (χ0v) is 26.5. The molecule has 5 nitrogen and oxygen atoms in total. The number of benzene rings is 6. The van der Waals surface area contributed by atoms with Crippen molar-refractivity contribution in [3.8, 4) is 40.7 Å². The Bertz CT molecular complexity index is 2890. The molecule has 0 aliphatic rings. The quantitative estimate of drug-likeness (QED) is 0.173. The highest BCUT2D eigenvalue weighted by molar-refractivity contribution is 6.12. The van der Waals surface area contributed by atoms with E-state index in [1.54, 1.807) is 47.0 Å². The molecule has 0 N–H and O–H groups in total. The van der Waals surface area contributed by atoms with Crippen LogP contribution in [-0.2, 0) is 12.4 Å². The minimum Gasteiger partial charge on any atom is -0.307 e. The van der Waals surface area contributed by atoms with E-state index in [0.29, 0.717) is 56.7 Å². The molecular formula is C41H19F6N5. The van der Waals surface area contributed by atoms with Crippen molar-refractivity contribution >= 4 is 43.6 Å². The summed E-state index contributed by atoms with van der Waals surface area (Å²) in [5.74, 6) is 0. The van der Waals surface area contributed by atoms with Gasteiger partial charge in [0.25, 0.3) is 0 Å². The fraction of sp³-hybridized carbons (Fsp3) is 0.0488. The Morgan fingerprint density at radius 1 is 0.442 bits per heavy atom. The molecule has 0 atom stereocenters. The summed E-state index contributed by atoms with van der Waals surface area (Å²) in [6.07, 6.45) is -10.2. The Hall–Kier alpha value is -7.03. The van der Waals surface area contributed by atoms with Crippen molar-refractivity contribution in [3.63, 3.8) is 0 Å². The van der Waals surface area contributed by atoms with Crippen LogP contribution >= 0.6 is 0 Å². The molecule has 0 saturated heterocycles. The first-order valence-corrected chi connectivity index (χ1v) is 15.7. The average molecular weight is 696 g/mol. The summed E-state index contributed by atoms with van der Waals surface area (Å²) in [6.45, 7) is 0. The van der Waals surface area contributed by atoms with Gasteiger partial charge in [-0.1, -0.05) is 48.5 Å². The zero-order chi connectivity index (χ0) is 36.5. The second-order valence-corrected chi connectivity index (χ2v) is 12.2. The fourth-order valence-corrected chi connectivity index (χ4v) is 6.98. The molecule has 0 aliphatic carbocycles. The number of hydrogen-bond donors (Lipinski definition) is 0. The van der Waals surface area contributed by atoms with Crippen molar-refractivity contribution in [2.75, 3.05) is 0 Å². The summed E-state index contributed by atoms with van der Waals surface area (Å²) in [7, 11) is 0. The number of rotatable bonds is 3. The molecule has 2 aromatic heterocycles. The minimum atomic E-state index is -5.12. The normalized spacial score (nSPS) is 12.0. The lowest BCUT2D eigenvalue weighted by atomic mass is 9.94. The second kappa shape index (κ2) is 11.5. The largest absolute Gasteiger partial charge is 0.416 e. The van der Waals surface area contributed by atoms with Crippen LogP contribution in [0.2, 0.25) is 0 Å². The summed E-state index contributed by atoms with van der Waals surface area (Å²) >= 11 is 0. The number of aromatic nitrogens is 2. The van der Waals surface area contributed by atoms with Gasteiger partial charge in [0.15, 0.2) is 0 Å². The molecule has 0 spiro atoms. The third-order valence-corrected chi connectivity index (χ3v) is 9.22. The first-order valence-electron chi connectivity index (χ1n) is 15.7. The van der Waals surface area contributed by atoms with Gasteiger partial charge in [0, 0.05) is 27.1 Å². The van der Waals surface area contributed by atoms with Crippen LogP contribution < -0.4 is 0 Å². The number of alkyl halides is 6. The molecule has 0 saturated carbocycles. The maximum absolute atomic E-state index is 14.1. The molecule has 0 amide bonds. The summed E-state index contributed by atoms with van der Waals surface area (Å²) in [6, 6.07) is 35.3. The number of halogens is 6. The maximum atomic E-state index is 14.1. The Balaban J connectivity index is 1.59. The van der Waals surface area contributed by atoms with Crippen molar-refractivity contribution in [1.29, 1.82) is 15.8 Å². The molecule has 0 unspecified atom stereocenters. The number of fused-ring (bicyclic) bond motifs is 6. The average Bonchev–Trinajstić information content (AvgIpc) is 3.65. The topological polar surface area (TPSA) is 81.2 Å². The van der Waals surface area contributed by atoms with Gasteiger partial charge in [0.05, 0.1) is 79.5 Å². The minimum absolute atomic E-state index is 0.0477. The highest BCUT2D eigenvalue weighted by Crippen LogP contribution is 2.43. The van der Waals surface area contributed by atoms with Gasteiger partial charge in [-0.05, 0) is 72.3 Å². The Kier molecular flexibility index (Phi) is 7.13. The van der Waals surface area contributed by atoms with E-state index in [1.165, 1.54) is 12.1 Å². The summed E-state index contributed by atoms with van der Waals surface area (Å²) in [4.78, 5) is 0. The molecule has 0 aliphatic heterocycles. The van der Waals surface area contributed by atoms with Crippen LogP contribution in [0.3, 0.4) is 0 Å². The predicted molar refractivity (Wildman–Crippen MR) is 185 cm³/mol. The van der Waals surface area contributed by atoms with Gasteiger partial charge in [-0.3, -0.25) is 0 Å². The van der Waals surface area contributed by atoms with Crippen LogP contribution in [0.4, 0.5) is 26.3 Å². The molecular weight excluding hydrogens is 676 g/mol. The van der Waals surface area contributed by atoms with Gasteiger partial charge in [-0.2, -0.15) is 42.1 Å². The van der Waals surface area contributed by atoms with Gasteiger partial charge in [-0.15, -0.1) is 0 Å². The van der Waals surface area contributed by atoms with Crippen molar-refractivity contribution in [2.45, 2.75) is 12.4 Å². The lowest BCUT2D eigenvalue weighted by Crippen LogP contribution is -2.11. The van der Waals surface area contributed by atoms with Crippen LogP contribution in [0.1, 0.15) is 27.8 Å². The standard InChI is InChI=1S/C41H19F6N5/c42-40(43,44)27-15-25(16-28(18-27)41(45,46)47)33-19-39(52-35-8-4-2-6-30(35)32-12-10-24(21-49)14-37(32)52)38(17-26(33)22-50)51-34-7-3-1-5-29(34)31-11-9-23(20-48)13-36(31)51/h1-19H. The highest BCUT2D eigenvalue weighted by Gasteiger charge is 2.37. The van der Waals surface area contributed by atoms with Crippen molar-refractivity contribution < 1.29 is 26.3 Å². The Labute approximate surface area is 290 Å². The summed E-state index contributed by atoms with van der Waals surface area (Å²) in [5, 5.41) is 33.3. The van der Waals surface area contributed by atoms with Crippen LogP contribution in [0.15, 0.2) is 115 Å². The number of nitriles is 3. The van der Waals surface area contributed by atoms with Gasteiger partial charge in [0.1, 0.15) is 0 Å². The lowest BCUT2D eigenvalue weighted by molar-refractivity contribution is -0.143. The van der Waals surface area contributed by atoms with Gasteiger partial charge in [0.2, 0.25) is 0 Å². The molecule has 250 valence electrons.